The number of rotatable bonds is 6. The fourth-order valence-corrected chi connectivity index (χ4v) is 3.38. The highest BCUT2D eigenvalue weighted by Crippen LogP contribution is 2.33. The molecule has 1 aliphatic rings. The fraction of sp³-hybridized carbons (Fsp3) is 0.238. The minimum absolute atomic E-state index is 0.147. The number of hydrogen-bond donors (Lipinski definition) is 1. The molecule has 0 bridgehead atoms. The molecule has 3 rings (SSSR count). The largest absolute Gasteiger partial charge is 0.495 e. The van der Waals surface area contributed by atoms with Gasteiger partial charge in [0.25, 0.3) is 11.8 Å². The SMILES string of the molecule is COc1ccc(NC2=C(c3ccc(Cl)cc3)C(=O)N(CC(C)C)C2=O)cc1Cl. The molecule has 0 unspecified atom stereocenters. The zero-order chi connectivity index (χ0) is 20.4. The standard InChI is InChI=1S/C21H20Cl2N2O3/c1-12(2)11-25-20(26)18(13-4-6-14(22)7-5-13)19(21(25)27)24-15-8-9-17(28-3)16(23)10-15/h4-10,12,24H,11H2,1-3H3. The van der Waals surface area contributed by atoms with Crippen molar-refractivity contribution < 1.29 is 14.3 Å². The summed E-state index contributed by atoms with van der Waals surface area (Å²) >= 11 is 12.2. The van der Waals surface area contributed by atoms with Crippen molar-refractivity contribution in [2.75, 3.05) is 19.0 Å². The summed E-state index contributed by atoms with van der Waals surface area (Å²) < 4.78 is 5.16. The summed E-state index contributed by atoms with van der Waals surface area (Å²) in [5, 5.41) is 4.03. The number of carbonyl (C=O) groups is 2. The first-order valence-electron chi connectivity index (χ1n) is 8.78. The number of anilines is 1. The van der Waals surface area contributed by atoms with E-state index in [9.17, 15) is 9.59 Å². The van der Waals surface area contributed by atoms with Gasteiger partial charge in [-0.3, -0.25) is 14.5 Å². The van der Waals surface area contributed by atoms with E-state index in [4.69, 9.17) is 27.9 Å². The van der Waals surface area contributed by atoms with Crippen LogP contribution in [-0.2, 0) is 9.59 Å². The van der Waals surface area contributed by atoms with Gasteiger partial charge >= 0.3 is 0 Å². The highest BCUT2D eigenvalue weighted by Gasteiger charge is 2.39. The van der Waals surface area contributed by atoms with Crippen molar-refractivity contribution in [2.45, 2.75) is 13.8 Å². The molecule has 5 nitrogen and oxygen atoms in total. The molecule has 1 aliphatic heterocycles. The Morgan fingerprint density at radius 3 is 2.29 bits per heavy atom. The molecule has 0 saturated carbocycles. The van der Waals surface area contributed by atoms with Gasteiger partial charge < -0.3 is 10.1 Å². The maximum atomic E-state index is 13.0. The lowest BCUT2D eigenvalue weighted by Crippen LogP contribution is -2.35. The predicted octanol–water partition coefficient (Wildman–Crippen LogP) is 4.85. The molecule has 7 heteroatoms. The van der Waals surface area contributed by atoms with Crippen molar-refractivity contribution >= 4 is 46.3 Å². The topological polar surface area (TPSA) is 58.6 Å². The molecular weight excluding hydrogens is 399 g/mol. The zero-order valence-corrected chi connectivity index (χ0v) is 17.3. The van der Waals surface area contributed by atoms with E-state index < -0.39 is 0 Å². The van der Waals surface area contributed by atoms with Gasteiger partial charge in [0.2, 0.25) is 0 Å². The Labute approximate surface area is 173 Å². The first kappa shape index (κ1) is 20.2. The van der Waals surface area contributed by atoms with Crippen LogP contribution < -0.4 is 10.1 Å². The van der Waals surface area contributed by atoms with E-state index in [1.54, 1.807) is 42.5 Å². The van der Waals surface area contributed by atoms with Crippen molar-refractivity contribution in [1.82, 2.24) is 4.90 Å². The lowest BCUT2D eigenvalue weighted by Gasteiger charge is -2.17. The normalized spacial score (nSPS) is 14.3. The van der Waals surface area contributed by atoms with Gasteiger partial charge in [-0.2, -0.15) is 0 Å². The average Bonchev–Trinajstić information content (AvgIpc) is 2.87. The van der Waals surface area contributed by atoms with Gasteiger partial charge in [-0.15, -0.1) is 0 Å². The number of benzene rings is 2. The van der Waals surface area contributed by atoms with Crippen LogP contribution in [0, 0.1) is 5.92 Å². The molecule has 1 heterocycles. The number of halogens is 2. The van der Waals surface area contributed by atoms with E-state index in [2.05, 4.69) is 5.32 Å². The van der Waals surface area contributed by atoms with Gasteiger partial charge in [-0.25, -0.2) is 0 Å². The van der Waals surface area contributed by atoms with E-state index in [1.807, 2.05) is 13.8 Å². The number of nitrogens with one attached hydrogen (secondary N) is 1. The Bertz CT molecular complexity index is 953. The maximum Gasteiger partial charge on any atom is 0.278 e. The monoisotopic (exact) mass is 418 g/mol. The molecule has 0 saturated heterocycles. The quantitative estimate of drug-likeness (QED) is 0.681. The molecule has 0 aliphatic carbocycles. The van der Waals surface area contributed by atoms with E-state index in [-0.39, 0.29) is 23.4 Å². The average molecular weight is 419 g/mol. The number of ether oxygens (including phenoxy) is 1. The highest BCUT2D eigenvalue weighted by atomic mass is 35.5. The Balaban J connectivity index is 2.05. The second kappa shape index (κ2) is 8.25. The molecule has 2 aromatic rings. The van der Waals surface area contributed by atoms with Gasteiger partial charge in [-0.05, 0) is 41.8 Å². The van der Waals surface area contributed by atoms with Crippen LogP contribution in [0.15, 0.2) is 48.2 Å². The number of hydrogen-bond acceptors (Lipinski definition) is 4. The zero-order valence-electron chi connectivity index (χ0n) is 15.8. The summed E-state index contributed by atoms with van der Waals surface area (Å²) in [5.74, 6) is -0.0257. The summed E-state index contributed by atoms with van der Waals surface area (Å²) in [6, 6.07) is 11.9. The second-order valence-corrected chi connectivity index (χ2v) is 7.69. The van der Waals surface area contributed by atoms with Gasteiger partial charge in [0, 0.05) is 17.3 Å². The van der Waals surface area contributed by atoms with Gasteiger partial charge in [0.05, 0.1) is 17.7 Å². The van der Waals surface area contributed by atoms with Crippen LogP contribution >= 0.6 is 23.2 Å². The van der Waals surface area contributed by atoms with Crippen LogP contribution in [0.2, 0.25) is 10.0 Å². The molecule has 0 radical (unpaired) electrons. The van der Waals surface area contributed by atoms with Gasteiger partial charge in [0.15, 0.2) is 0 Å². The third kappa shape index (κ3) is 4.01. The van der Waals surface area contributed by atoms with Crippen LogP contribution in [0.3, 0.4) is 0 Å². The lowest BCUT2D eigenvalue weighted by atomic mass is 10.0. The number of methoxy groups -OCH3 is 1. The predicted molar refractivity (Wildman–Crippen MR) is 112 cm³/mol. The molecule has 146 valence electrons. The maximum absolute atomic E-state index is 13.0. The third-order valence-corrected chi connectivity index (χ3v) is 4.82. The van der Waals surface area contributed by atoms with Crippen LogP contribution in [-0.4, -0.2) is 30.4 Å². The van der Waals surface area contributed by atoms with Gasteiger partial charge in [-0.1, -0.05) is 49.2 Å². The molecule has 2 amide bonds. The van der Waals surface area contributed by atoms with E-state index in [0.29, 0.717) is 39.2 Å². The number of carbonyl (C=O) groups excluding carboxylic acids is 2. The van der Waals surface area contributed by atoms with Crippen LogP contribution in [0.25, 0.3) is 5.57 Å². The smallest absolute Gasteiger partial charge is 0.278 e. The molecular formula is C21H20Cl2N2O3. The Hall–Kier alpha value is -2.50. The minimum atomic E-state index is -0.365. The van der Waals surface area contributed by atoms with Crippen LogP contribution in [0.1, 0.15) is 19.4 Å². The summed E-state index contributed by atoms with van der Waals surface area (Å²) in [4.78, 5) is 27.3. The Morgan fingerprint density at radius 2 is 1.71 bits per heavy atom. The Kier molecular flexibility index (Phi) is 5.96. The number of imide groups is 1. The molecule has 0 fully saturated rings. The summed E-state index contributed by atoms with van der Waals surface area (Å²) in [6.07, 6.45) is 0. The first-order valence-corrected chi connectivity index (χ1v) is 9.54. The van der Waals surface area contributed by atoms with E-state index in [0.717, 1.165) is 0 Å². The van der Waals surface area contributed by atoms with Crippen molar-refractivity contribution in [3.05, 3.63) is 63.8 Å². The number of nitrogens with zero attached hydrogens (tertiary/aromatic N) is 1. The minimum Gasteiger partial charge on any atom is -0.495 e. The van der Waals surface area contributed by atoms with Crippen molar-refractivity contribution in [3.63, 3.8) is 0 Å². The molecule has 1 N–H and O–H groups in total. The fourth-order valence-electron chi connectivity index (χ4n) is 3.00. The van der Waals surface area contributed by atoms with Gasteiger partial charge in [0.1, 0.15) is 11.4 Å². The van der Waals surface area contributed by atoms with Crippen LogP contribution in [0.5, 0.6) is 5.75 Å². The van der Waals surface area contributed by atoms with E-state index >= 15 is 0 Å². The molecule has 28 heavy (non-hydrogen) atoms. The summed E-state index contributed by atoms with van der Waals surface area (Å²) in [7, 11) is 1.53. The molecule has 0 atom stereocenters. The van der Waals surface area contributed by atoms with Crippen LogP contribution in [0.4, 0.5) is 5.69 Å². The van der Waals surface area contributed by atoms with Crippen molar-refractivity contribution in [1.29, 1.82) is 0 Å². The molecule has 0 spiro atoms. The molecule has 2 aromatic carbocycles. The van der Waals surface area contributed by atoms with Crippen molar-refractivity contribution in [2.24, 2.45) is 5.92 Å². The third-order valence-electron chi connectivity index (χ3n) is 4.27. The van der Waals surface area contributed by atoms with Crippen molar-refractivity contribution in [3.8, 4) is 5.75 Å². The lowest BCUT2D eigenvalue weighted by molar-refractivity contribution is -0.137. The Morgan fingerprint density at radius 1 is 1.04 bits per heavy atom. The number of amides is 2. The summed E-state index contributed by atoms with van der Waals surface area (Å²) in [5.41, 5.74) is 1.74. The second-order valence-electron chi connectivity index (χ2n) is 6.85. The first-order chi connectivity index (χ1) is 13.3. The highest BCUT2D eigenvalue weighted by molar-refractivity contribution is 6.37. The summed E-state index contributed by atoms with van der Waals surface area (Å²) in [6.45, 7) is 4.25. The van der Waals surface area contributed by atoms with E-state index in [1.165, 1.54) is 12.0 Å². The molecule has 0 aromatic heterocycles.